The van der Waals surface area contributed by atoms with Crippen LogP contribution in [0.1, 0.15) is 60.8 Å². The summed E-state index contributed by atoms with van der Waals surface area (Å²) in [7, 11) is 0. The number of aliphatic hydroxyl groups excluding tert-OH is 1. The number of nitrogens with one attached hydrogen (secondary N) is 2. The van der Waals surface area contributed by atoms with Crippen molar-refractivity contribution in [2.45, 2.75) is 82.4 Å². The summed E-state index contributed by atoms with van der Waals surface area (Å²) in [6.07, 6.45) is 1.91. The van der Waals surface area contributed by atoms with Gasteiger partial charge in [0.25, 0.3) is 0 Å². The molecule has 3 saturated heterocycles. The Morgan fingerprint density at radius 2 is 1.60 bits per heavy atom. The van der Waals surface area contributed by atoms with E-state index >= 15 is 0 Å². The molecule has 2 aromatic rings. The second-order valence-electron chi connectivity index (χ2n) is 13.1. The number of likely N-dealkylation sites (tertiary alicyclic amines) is 1. The minimum Gasteiger partial charge on any atom is -0.494 e. The summed E-state index contributed by atoms with van der Waals surface area (Å²) >= 11 is 1.63. The maximum atomic E-state index is 14.6. The van der Waals surface area contributed by atoms with E-state index in [1.54, 1.807) is 28.8 Å². The van der Waals surface area contributed by atoms with Gasteiger partial charge in [0.15, 0.2) is 0 Å². The predicted octanol–water partition coefficient (Wildman–Crippen LogP) is 5.40. The highest BCUT2D eigenvalue weighted by molar-refractivity contribution is 8.02. The van der Waals surface area contributed by atoms with Crippen molar-refractivity contribution in [3.63, 3.8) is 0 Å². The summed E-state index contributed by atoms with van der Waals surface area (Å²) in [5.74, 6) is -1.08. The number of ether oxygens (including phenoxy) is 1. The van der Waals surface area contributed by atoms with Crippen molar-refractivity contribution < 1.29 is 24.2 Å². The van der Waals surface area contributed by atoms with Crippen LogP contribution >= 0.6 is 11.8 Å². The minimum absolute atomic E-state index is 0.199. The van der Waals surface area contributed by atoms with Crippen molar-refractivity contribution >= 4 is 46.5 Å². The van der Waals surface area contributed by atoms with E-state index in [0.717, 1.165) is 24.5 Å². The van der Waals surface area contributed by atoms with Crippen LogP contribution in [-0.4, -0.2) is 75.6 Å². The van der Waals surface area contributed by atoms with Crippen molar-refractivity contribution in [1.29, 1.82) is 0 Å². The summed E-state index contributed by atoms with van der Waals surface area (Å²) in [4.78, 5) is 46.8. The molecule has 3 amide bonds. The van der Waals surface area contributed by atoms with Crippen molar-refractivity contribution in [2.24, 2.45) is 17.8 Å². The zero-order valence-corrected chi connectivity index (χ0v) is 28.2. The molecule has 5 rings (SSSR count). The smallest absolute Gasteiger partial charge is 0.248 e. The number of fused-ring (bicyclic) bond motifs is 1. The Morgan fingerprint density at radius 1 is 1.00 bits per heavy atom. The first-order valence-electron chi connectivity index (χ1n) is 16.3. The average molecular weight is 637 g/mol. The van der Waals surface area contributed by atoms with E-state index in [0.29, 0.717) is 37.2 Å². The molecule has 3 heterocycles. The van der Waals surface area contributed by atoms with Gasteiger partial charge < -0.3 is 30.3 Å². The van der Waals surface area contributed by atoms with E-state index < -0.39 is 33.4 Å². The Labute approximate surface area is 271 Å². The minimum atomic E-state index is -0.816. The summed E-state index contributed by atoms with van der Waals surface area (Å²) in [5.41, 5.74) is 2.36. The molecule has 3 aliphatic heterocycles. The molecule has 2 unspecified atom stereocenters. The fourth-order valence-electron chi connectivity index (χ4n) is 7.85. The van der Waals surface area contributed by atoms with Crippen LogP contribution < -0.4 is 20.3 Å². The van der Waals surface area contributed by atoms with Crippen molar-refractivity contribution in [3.8, 4) is 5.75 Å². The third kappa shape index (κ3) is 6.03. The Morgan fingerprint density at radius 3 is 2.16 bits per heavy atom. The summed E-state index contributed by atoms with van der Waals surface area (Å²) in [6, 6.07) is 13.7. The summed E-state index contributed by atoms with van der Waals surface area (Å²) in [6.45, 7) is 14.3. The van der Waals surface area contributed by atoms with Gasteiger partial charge in [-0.1, -0.05) is 13.8 Å². The number of carbonyl (C=O) groups excluding carboxylic acids is 3. The number of anilines is 3. The van der Waals surface area contributed by atoms with Gasteiger partial charge in [0.1, 0.15) is 11.8 Å². The lowest BCUT2D eigenvalue weighted by atomic mass is 9.66. The van der Waals surface area contributed by atoms with Crippen LogP contribution in [-0.2, 0) is 14.4 Å². The van der Waals surface area contributed by atoms with Crippen molar-refractivity contribution in [1.82, 2.24) is 4.90 Å². The fourth-order valence-corrected chi connectivity index (χ4v) is 10.2. The third-order valence-electron chi connectivity index (χ3n) is 9.79. The molecule has 3 N–H and O–H groups in total. The zero-order valence-electron chi connectivity index (χ0n) is 27.3. The van der Waals surface area contributed by atoms with Gasteiger partial charge in [-0.2, -0.15) is 0 Å². The average Bonchev–Trinajstić information content (AvgIpc) is 3.59. The predicted molar refractivity (Wildman–Crippen MR) is 181 cm³/mol. The number of benzene rings is 2. The summed E-state index contributed by atoms with van der Waals surface area (Å²) in [5, 5.41) is 16.7. The Bertz CT molecular complexity index is 1380. The fraction of sp³-hybridized carbons (Fsp3) is 0.571. The highest BCUT2D eigenvalue weighted by Crippen LogP contribution is 2.71. The third-order valence-corrected chi connectivity index (χ3v) is 11.8. The maximum Gasteiger partial charge on any atom is 0.248 e. The number of amides is 3. The van der Waals surface area contributed by atoms with E-state index in [4.69, 9.17) is 4.74 Å². The van der Waals surface area contributed by atoms with Crippen molar-refractivity contribution in [3.05, 3.63) is 48.5 Å². The Hall–Kier alpha value is -3.24. The lowest BCUT2D eigenvalue weighted by Crippen LogP contribution is -2.55. The molecule has 2 aromatic carbocycles. The molecule has 244 valence electrons. The molecule has 2 bridgehead atoms. The van der Waals surface area contributed by atoms with Crippen LogP contribution in [0.5, 0.6) is 5.75 Å². The number of rotatable bonds is 13. The highest BCUT2D eigenvalue weighted by Gasteiger charge is 2.77. The largest absolute Gasteiger partial charge is 0.494 e. The number of hydrogen-bond donors (Lipinski definition) is 3. The molecule has 3 fully saturated rings. The molecule has 0 aliphatic carbocycles. The zero-order chi connectivity index (χ0) is 32.5. The van der Waals surface area contributed by atoms with E-state index in [1.165, 1.54) is 0 Å². The molecule has 3 aliphatic rings. The maximum absolute atomic E-state index is 14.6. The highest BCUT2D eigenvalue weighted by atomic mass is 32.2. The molecular formula is C35H48N4O5S. The molecule has 45 heavy (non-hydrogen) atoms. The quantitative estimate of drug-likeness (QED) is 0.270. The number of carbonyl (C=O) groups is 3. The van der Waals surface area contributed by atoms with Crippen LogP contribution in [0.4, 0.5) is 17.1 Å². The van der Waals surface area contributed by atoms with Gasteiger partial charge in [-0.3, -0.25) is 14.4 Å². The van der Waals surface area contributed by atoms with Gasteiger partial charge in [0.05, 0.1) is 35.8 Å². The normalized spacial score (nSPS) is 27.4. The van der Waals surface area contributed by atoms with Gasteiger partial charge in [-0.25, -0.2) is 0 Å². The van der Waals surface area contributed by atoms with Crippen LogP contribution in [0, 0.1) is 17.8 Å². The van der Waals surface area contributed by atoms with Gasteiger partial charge in [0.2, 0.25) is 17.7 Å². The monoisotopic (exact) mass is 636 g/mol. The van der Waals surface area contributed by atoms with E-state index in [1.807, 2.05) is 57.2 Å². The van der Waals surface area contributed by atoms with Gasteiger partial charge in [0, 0.05) is 34.9 Å². The molecule has 6 atom stereocenters. The first-order valence-corrected chi connectivity index (χ1v) is 17.2. The van der Waals surface area contributed by atoms with Gasteiger partial charge in [-0.15, -0.1) is 11.8 Å². The topological polar surface area (TPSA) is 111 Å². The standard InChI is InChI=1S/C35H48N4O5S/c1-7-38(8-2)25-14-10-23(11-15-25)37-32(42)30-35-19-18-34(6,45-35)28(29(35)33(43)39(30)26(21-40)20-22(4)5)31(41)36-24-12-16-27(17-13-24)44-9-3/h10-17,22,26,28-30,40H,7-9,18-21H2,1-6H3,(H,36,41)(H,37,42)/t26-,28+,29+,30?,34-,35?/m1/s1. The van der Waals surface area contributed by atoms with Crippen LogP contribution in [0.3, 0.4) is 0 Å². The Kier molecular flexibility index (Phi) is 9.75. The molecule has 9 nitrogen and oxygen atoms in total. The Balaban J connectivity index is 1.47. The van der Waals surface area contributed by atoms with Crippen LogP contribution in [0.15, 0.2) is 48.5 Å². The van der Waals surface area contributed by atoms with Gasteiger partial charge >= 0.3 is 0 Å². The van der Waals surface area contributed by atoms with Crippen LogP contribution in [0.25, 0.3) is 0 Å². The number of aliphatic hydroxyl groups is 1. The molecule has 0 aromatic heterocycles. The molecule has 0 saturated carbocycles. The first kappa shape index (κ1) is 33.1. The lowest BCUT2D eigenvalue weighted by molar-refractivity contribution is -0.142. The second-order valence-corrected chi connectivity index (χ2v) is 15.0. The second kappa shape index (κ2) is 13.2. The SMILES string of the molecule is CCOc1ccc(NC(=O)[C@@H]2[C@H]3C(=O)N([C@@H](CO)CC(C)C)C(C(=O)Nc4ccc(N(CC)CC)cc4)C34CC[C@@]2(C)S4)cc1. The summed E-state index contributed by atoms with van der Waals surface area (Å²) < 4.78 is 4.26. The number of thioether (sulfide) groups is 1. The molecule has 1 spiro atoms. The van der Waals surface area contributed by atoms with E-state index in [9.17, 15) is 19.5 Å². The molecule has 10 heteroatoms. The van der Waals surface area contributed by atoms with E-state index in [2.05, 4.69) is 36.3 Å². The molecule has 0 radical (unpaired) electrons. The first-order chi connectivity index (χ1) is 21.5. The van der Waals surface area contributed by atoms with Crippen molar-refractivity contribution in [2.75, 3.05) is 41.8 Å². The lowest BCUT2D eigenvalue weighted by Gasteiger charge is -2.37. The van der Waals surface area contributed by atoms with Crippen LogP contribution in [0.2, 0.25) is 0 Å². The number of hydrogen-bond acceptors (Lipinski definition) is 7. The van der Waals surface area contributed by atoms with E-state index in [-0.39, 0.29) is 30.2 Å². The number of nitrogens with zero attached hydrogens (tertiary/aromatic N) is 2. The molecular weight excluding hydrogens is 588 g/mol. The van der Waals surface area contributed by atoms with Gasteiger partial charge in [-0.05, 0) is 101 Å².